The summed E-state index contributed by atoms with van der Waals surface area (Å²) in [6, 6.07) is 0.549. The van der Waals surface area contributed by atoms with Gasteiger partial charge in [0.1, 0.15) is 0 Å². The van der Waals surface area contributed by atoms with Crippen LogP contribution in [0.5, 0.6) is 0 Å². The first-order valence-corrected chi connectivity index (χ1v) is 10.8. The predicted octanol–water partition coefficient (Wildman–Crippen LogP) is 2.01. The van der Waals surface area contributed by atoms with Crippen LogP contribution in [0, 0.1) is 5.92 Å². The van der Waals surface area contributed by atoms with Gasteiger partial charge in [0, 0.05) is 30.6 Å². The van der Waals surface area contributed by atoms with Gasteiger partial charge in [-0.2, -0.15) is 0 Å². The molecule has 0 unspecified atom stereocenters. The Bertz CT molecular complexity index is 629. The van der Waals surface area contributed by atoms with E-state index in [9.17, 15) is 9.59 Å². The number of hydrogen-bond donors (Lipinski definition) is 1. The van der Waals surface area contributed by atoms with Crippen LogP contribution >= 0.6 is 11.3 Å². The Balaban J connectivity index is 1.36. The fourth-order valence-electron chi connectivity index (χ4n) is 4.68. The molecule has 3 saturated heterocycles. The molecule has 3 aliphatic heterocycles. The number of piperidine rings is 1. The number of rotatable bonds is 5. The smallest absolute Gasteiger partial charge is 0.234 e. The first kappa shape index (κ1) is 17.9. The molecule has 5 rings (SSSR count). The number of nitrogens with one attached hydrogen (secondary N) is 1. The SMILES string of the molecule is O=C(CN1C[C@@H]2CC[C@H](C1)N(Cc1cscn1)C2=O)NC1CCCCC1. The van der Waals surface area contributed by atoms with Crippen molar-refractivity contribution in [3.63, 3.8) is 0 Å². The van der Waals surface area contributed by atoms with Gasteiger partial charge in [0.15, 0.2) is 0 Å². The maximum Gasteiger partial charge on any atom is 0.234 e. The van der Waals surface area contributed by atoms with Crippen LogP contribution in [0.25, 0.3) is 0 Å². The van der Waals surface area contributed by atoms with Gasteiger partial charge >= 0.3 is 0 Å². The zero-order valence-corrected chi connectivity index (χ0v) is 16.0. The Morgan fingerprint density at radius 3 is 2.81 bits per heavy atom. The molecule has 4 aliphatic rings. The number of nitrogens with zero attached hydrogens (tertiary/aromatic N) is 3. The molecule has 1 aromatic heterocycles. The summed E-state index contributed by atoms with van der Waals surface area (Å²) in [5, 5.41) is 5.22. The summed E-state index contributed by atoms with van der Waals surface area (Å²) in [4.78, 5) is 33.9. The molecular formula is C19H28N4O2S. The summed E-state index contributed by atoms with van der Waals surface area (Å²) in [6.45, 7) is 2.53. The predicted molar refractivity (Wildman–Crippen MR) is 101 cm³/mol. The highest BCUT2D eigenvalue weighted by Gasteiger charge is 2.41. The van der Waals surface area contributed by atoms with Gasteiger partial charge in [-0.3, -0.25) is 14.5 Å². The van der Waals surface area contributed by atoms with Crippen molar-refractivity contribution in [3.8, 4) is 0 Å². The summed E-state index contributed by atoms with van der Waals surface area (Å²) in [5.41, 5.74) is 2.79. The second kappa shape index (κ2) is 8.05. The van der Waals surface area contributed by atoms with Gasteiger partial charge in [0.05, 0.1) is 30.2 Å². The number of thiazole rings is 1. The average Bonchev–Trinajstić information content (AvgIpc) is 3.02. The average molecular weight is 377 g/mol. The number of hydrogen-bond acceptors (Lipinski definition) is 5. The highest BCUT2D eigenvalue weighted by atomic mass is 32.1. The van der Waals surface area contributed by atoms with Gasteiger partial charge in [-0.05, 0) is 25.7 Å². The Kier molecular flexibility index (Phi) is 5.55. The third kappa shape index (κ3) is 4.09. The number of fused-ring (bicyclic) bond motifs is 4. The monoisotopic (exact) mass is 376 g/mol. The van der Waals surface area contributed by atoms with Gasteiger partial charge in [-0.25, -0.2) is 4.98 Å². The molecule has 1 N–H and O–H groups in total. The Morgan fingerprint density at radius 2 is 2.04 bits per heavy atom. The van der Waals surface area contributed by atoms with Crippen LogP contribution in [0.1, 0.15) is 50.6 Å². The minimum Gasteiger partial charge on any atom is -0.352 e. The first-order valence-electron chi connectivity index (χ1n) is 9.88. The van der Waals surface area contributed by atoms with Crippen LogP contribution in [0.2, 0.25) is 0 Å². The van der Waals surface area contributed by atoms with Crippen molar-refractivity contribution in [1.82, 2.24) is 20.1 Å². The minimum atomic E-state index is 0.0230. The lowest BCUT2D eigenvalue weighted by Crippen LogP contribution is -2.47. The molecule has 6 nitrogen and oxygen atoms in total. The molecule has 26 heavy (non-hydrogen) atoms. The van der Waals surface area contributed by atoms with Crippen LogP contribution in [-0.2, 0) is 16.1 Å². The van der Waals surface area contributed by atoms with Crippen molar-refractivity contribution >= 4 is 23.2 Å². The molecule has 2 atom stereocenters. The maximum absolute atomic E-state index is 12.9. The molecule has 0 spiro atoms. The molecule has 7 heteroatoms. The lowest BCUT2D eigenvalue weighted by Gasteiger charge is -2.35. The van der Waals surface area contributed by atoms with E-state index in [0.717, 1.165) is 37.9 Å². The van der Waals surface area contributed by atoms with Crippen LogP contribution in [0.15, 0.2) is 10.9 Å². The van der Waals surface area contributed by atoms with Crippen molar-refractivity contribution < 1.29 is 9.59 Å². The van der Waals surface area contributed by atoms with Gasteiger partial charge in [-0.1, -0.05) is 19.3 Å². The van der Waals surface area contributed by atoms with E-state index in [4.69, 9.17) is 0 Å². The molecule has 2 bridgehead atoms. The Hall–Kier alpha value is -1.47. The second-order valence-corrected chi connectivity index (χ2v) is 8.69. The van der Waals surface area contributed by atoms with Crippen molar-refractivity contribution in [2.24, 2.45) is 5.92 Å². The van der Waals surface area contributed by atoms with E-state index in [1.54, 1.807) is 11.3 Å². The van der Waals surface area contributed by atoms with E-state index in [-0.39, 0.29) is 23.8 Å². The van der Waals surface area contributed by atoms with Gasteiger partial charge in [0.2, 0.25) is 11.8 Å². The van der Waals surface area contributed by atoms with Crippen LogP contribution < -0.4 is 5.32 Å². The fourth-order valence-corrected chi connectivity index (χ4v) is 5.23. The lowest BCUT2D eigenvalue weighted by molar-refractivity contribution is -0.140. The summed E-state index contributed by atoms with van der Waals surface area (Å²) >= 11 is 1.57. The molecule has 2 amide bonds. The molecule has 4 fully saturated rings. The van der Waals surface area contributed by atoms with Crippen molar-refractivity contribution in [2.45, 2.75) is 63.6 Å². The summed E-state index contributed by atoms with van der Waals surface area (Å²) in [5.74, 6) is 0.385. The highest BCUT2D eigenvalue weighted by Crippen LogP contribution is 2.30. The van der Waals surface area contributed by atoms with E-state index < -0.39 is 0 Å². The summed E-state index contributed by atoms with van der Waals surface area (Å²) in [6.07, 6.45) is 7.92. The topological polar surface area (TPSA) is 65.5 Å². The molecule has 1 saturated carbocycles. The van der Waals surface area contributed by atoms with E-state index in [1.807, 2.05) is 15.8 Å². The molecule has 142 valence electrons. The molecule has 1 aliphatic carbocycles. The van der Waals surface area contributed by atoms with Crippen molar-refractivity contribution in [1.29, 1.82) is 0 Å². The first-order chi connectivity index (χ1) is 12.7. The fraction of sp³-hybridized carbons (Fsp3) is 0.737. The number of amides is 2. The quantitative estimate of drug-likeness (QED) is 0.854. The Morgan fingerprint density at radius 1 is 1.19 bits per heavy atom. The largest absolute Gasteiger partial charge is 0.352 e. The van der Waals surface area contributed by atoms with Crippen LogP contribution in [-0.4, -0.2) is 58.3 Å². The highest BCUT2D eigenvalue weighted by molar-refractivity contribution is 7.07. The summed E-state index contributed by atoms with van der Waals surface area (Å²) in [7, 11) is 0. The minimum absolute atomic E-state index is 0.0230. The van der Waals surface area contributed by atoms with Crippen LogP contribution in [0.4, 0.5) is 0 Å². The van der Waals surface area contributed by atoms with E-state index in [1.165, 1.54) is 19.3 Å². The van der Waals surface area contributed by atoms with Crippen LogP contribution in [0.3, 0.4) is 0 Å². The van der Waals surface area contributed by atoms with E-state index in [0.29, 0.717) is 25.7 Å². The summed E-state index contributed by atoms with van der Waals surface area (Å²) < 4.78 is 0. The van der Waals surface area contributed by atoms with E-state index >= 15 is 0 Å². The molecule has 0 aromatic carbocycles. The Labute approximate surface area is 159 Å². The van der Waals surface area contributed by atoms with E-state index in [2.05, 4.69) is 15.2 Å². The molecule has 4 heterocycles. The molecule has 0 radical (unpaired) electrons. The van der Waals surface area contributed by atoms with Crippen molar-refractivity contribution in [3.05, 3.63) is 16.6 Å². The molecular weight excluding hydrogens is 348 g/mol. The zero-order chi connectivity index (χ0) is 17.9. The van der Waals surface area contributed by atoms with Gasteiger partial charge in [-0.15, -0.1) is 11.3 Å². The third-order valence-electron chi connectivity index (χ3n) is 6.02. The third-order valence-corrected chi connectivity index (χ3v) is 6.66. The standard InChI is InChI=1S/C19H28N4O2S/c24-18(21-15-4-2-1-3-5-15)11-22-8-14-6-7-17(10-22)23(19(14)25)9-16-12-26-13-20-16/h12-15,17H,1-11H2,(H,21,24)/t14-,17+/m0/s1. The molecule has 1 aromatic rings. The van der Waals surface area contributed by atoms with Gasteiger partial charge in [0.25, 0.3) is 0 Å². The second-order valence-electron chi connectivity index (χ2n) is 7.97. The number of aromatic nitrogens is 1. The number of carbonyl (C=O) groups excluding carboxylic acids is 2. The number of carbonyl (C=O) groups is 2. The van der Waals surface area contributed by atoms with Crippen molar-refractivity contribution in [2.75, 3.05) is 19.6 Å². The maximum atomic E-state index is 12.9. The van der Waals surface area contributed by atoms with Gasteiger partial charge < -0.3 is 10.2 Å². The normalized spacial score (nSPS) is 27.5. The zero-order valence-electron chi connectivity index (χ0n) is 15.2. The lowest BCUT2D eigenvalue weighted by atomic mass is 9.94.